The summed E-state index contributed by atoms with van der Waals surface area (Å²) in [5.74, 6) is 1.97. The standard InChI is InChI=1S/C14H14O3.6CO.2Co/c1-4-10(2)9-13(15)11-5-7-12(8-6-11)14(16)17-3;6*1-2;;/h1,5-8,13,15H,2,9H2,3H3;;;;;;;;. The van der Waals surface area contributed by atoms with Crippen molar-refractivity contribution in [2.75, 3.05) is 7.11 Å². The largest absolute Gasteiger partial charge is 0 e. The predicted molar refractivity (Wildman–Crippen MR) is 88.9 cm³/mol. The van der Waals surface area contributed by atoms with Crippen LogP contribution in [0.4, 0.5) is 0 Å². The van der Waals surface area contributed by atoms with Gasteiger partial charge in [0.15, 0.2) is 0 Å². The zero-order valence-corrected chi connectivity index (χ0v) is 17.8. The van der Waals surface area contributed by atoms with E-state index in [1.807, 2.05) is 0 Å². The smallest absolute Gasteiger partial charge is 0 e. The van der Waals surface area contributed by atoms with E-state index in [4.69, 9.17) is 34.3 Å². The number of methoxy groups -OCH3 is 1. The van der Waals surface area contributed by atoms with Crippen molar-refractivity contribution in [3.8, 4) is 12.3 Å². The molecule has 0 spiro atoms. The van der Waals surface area contributed by atoms with Crippen molar-refractivity contribution in [3.63, 3.8) is 0 Å². The number of terminal acetylenes is 1. The first kappa shape index (κ1) is 51.2. The Morgan fingerprint density at radius 1 is 0.968 bits per heavy atom. The molecule has 166 valence electrons. The Kier molecular flexibility index (Phi) is 83.9. The quantitative estimate of drug-likeness (QED) is 0.280. The topological polar surface area (TPSA) is 166 Å². The van der Waals surface area contributed by atoms with E-state index in [9.17, 15) is 9.90 Å². The third kappa shape index (κ3) is 32.3. The van der Waals surface area contributed by atoms with Crippen LogP contribution in [0.2, 0.25) is 0 Å². The van der Waals surface area contributed by atoms with Crippen molar-refractivity contribution >= 4 is 5.97 Å². The van der Waals surface area contributed by atoms with Crippen LogP contribution in [0.15, 0.2) is 36.4 Å². The third-order valence-electron chi connectivity index (χ3n) is 2.36. The molecule has 9 nitrogen and oxygen atoms in total. The van der Waals surface area contributed by atoms with Crippen LogP contribution in [0.5, 0.6) is 0 Å². The average molecular weight is 516 g/mol. The van der Waals surface area contributed by atoms with E-state index < -0.39 is 12.1 Å². The summed E-state index contributed by atoms with van der Waals surface area (Å²) in [6.07, 6.45) is 4.77. The molecule has 1 atom stereocenters. The zero-order valence-electron chi connectivity index (χ0n) is 15.8. The fraction of sp³-hybridized carbons (Fsp3) is 0.150. The molecule has 0 aliphatic carbocycles. The zero-order chi connectivity index (χ0) is 24.8. The van der Waals surface area contributed by atoms with Gasteiger partial charge in [-0.3, -0.25) is 0 Å². The van der Waals surface area contributed by atoms with E-state index in [2.05, 4.69) is 57.1 Å². The molecule has 0 aromatic heterocycles. The Morgan fingerprint density at radius 2 is 1.29 bits per heavy atom. The molecule has 0 saturated heterocycles. The van der Waals surface area contributed by atoms with Gasteiger partial charge >= 0.3 is 73.8 Å². The van der Waals surface area contributed by atoms with Gasteiger partial charge in [-0.15, -0.1) is 6.42 Å². The van der Waals surface area contributed by atoms with Gasteiger partial charge in [0, 0.05) is 40.0 Å². The van der Waals surface area contributed by atoms with Crippen molar-refractivity contribution in [2.24, 2.45) is 0 Å². The normalized spacial score (nSPS) is 6.61. The second-order valence-corrected chi connectivity index (χ2v) is 3.58. The van der Waals surface area contributed by atoms with Crippen molar-refractivity contribution in [3.05, 3.63) is 87.4 Å². The maximum Gasteiger partial charge on any atom is 0 e. The van der Waals surface area contributed by atoms with Crippen LogP contribution in [0, 0.1) is 52.2 Å². The van der Waals surface area contributed by atoms with Crippen LogP contribution in [0.25, 0.3) is 0 Å². The Labute approximate surface area is 201 Å². The van der Waals surface area contributed by atoms with Crippen LogP contribution in [0.1, 0.15) is 28.4 Å². The third-order valence-corrected chi connectivity index (χ3v) is 2.36. The van der Waals surface area contributed by atoms with Gasteiger partial charge in [0.25, 0.3) is 0 Å². The first-order valence-electron chi connectivity index (χ1n) is 6.31. The van der Waals surface area contributed by atoms with Gasteiger partial charge in [-0.25, -0.2) is 4.79 Å². The molecule has 0 fully saturated rings. The Hall–Kier alpha value is -2.60. The molecule has 0 aliphatic heterocycles. The summed E-state index contributed by atoms with van der Waals surface area (Å²) in [5, 5.41) is 9.84. The number of ether oxygens (including phenoxy) is 1. The fourth-order valence-corrected chi connectivity index (χ4v) is 1.37. The summed E-state index contributed by atoms with van der Waals surface area (Å²) in [6, 6.07) is 6.54. The van der Waals surface area contributed by atoms with Gasteiger partial charge in [-0.2, -0.15) is 0 Å². The second kappa shape index (κ2) is 50.7. The molecule has 0 bridgehead atoms. The van der Waals surface area contributed by atoms with E-state index in [-0.39, 0.29) is 33.6 Å². The number of hydrogen-bond donors (Lipinski definition) is 1. The average Bonchev–Trinajstić information content (AvgIpc) is 2.86. The van der Waals surface area contributed by atoms with Crippen molar-refractivity contribution in [2.45, 2.75) is 12.5 Å². The summed E-state index contributed by atoms with van der Waals surface area (Å²) in [6.45, 7) is 30.6. The van der Waals surface area contributed by atoms with Crippen LogP contribution in [0.3, 0.4) is 0 Å². The molecule has 1 rings (SSSR count). The molecule has 31 heavy (non-hydrogen) atoms. The molecular formula is C20H14Co2O9. The van der Waals surface area contributed by atoms with Crippen LogP contribution < -0.4 is 0 Å². The van der Waals surface area contributed by atoms with Gasteiger partial charge in [0.05, 0.1) is 18.8 Å². The maximum absolute atomic E-state index is 11.2. The predicted octanol–water partition coefficient (Wildman–Crippen LogP) is 1.86. The van der Waals surface area contributed by atoms with E-state index in [1.54, 1.807) is 24.3 Å². The minimum absolute atomic E-state index is 0. The summed E-state index contributed by atoms with van der Waals surface area (Å²) in [7, 11) is 1.32. The molecule has 0 heterocycles. The molecule has 1 aromatic rings. The van der Waals surface area contributed by atoms with Crippen molar-refractivity contribution < 1.29 is 76.1 Å². The first-order valence-corrected chi connectivity index (χ1v) is 6.31. The summed E-state index contributed by atoms with van der Waals surface area (Å²) < 4.78 is 49.6. The molecule has 0 saturated carbocycles. The van der Waals surface area contributed by atoms with E-state index in [0.717, 1.165) is 0 Å². The molecule has 1 N–H and O–H groups in total. The maximum atomic E-state index is 11.2. The molecule has 1 aromatic carbocycles. The summed E-state index contributed by atoms with van der Waals surface area (Å²) in [5.41, 5.74) is 1.67. The van der Waals surface area contributed by atoms with Gasteiger partial charge < -0.3 is 9.84 Å². The molecule has 0 amide bonds. The number of aliphatic hydroxyl groups excluding tert-OH is 1. The SMILES string of the molecule is C#CC(=C)CC(O)c1ccc(C(=O)OC)cc1.[C-]#[O+].[C-]#[O+].[C-]#[O+].[C-]#[O+].[C-]#[O+].[C-]#[O+].[Co].[Co]. The molecule has 1 unspecified atom stereocenters. The number of carbonyl (C=O) groups excluding carboxylic acids is 1. The van der Waals surface area contributed by atoms with Gasteiger partial charge in [-0.1, -0.05) is 24.6 Å². The van der Waals surface area contributed by atoms with E-state index >= 15 is 0 Å². The monoisotopic (exact) mass is 516 g/mol. The van der Waals surface area contributed by atoms with E-state index in [1.165, 1.54) is 7.11 Å². The summed E-state index contributed by atoms with van der Waals surface area (Å²) in [4.78, 5) is 11.2. The number of rotatable bonds is 4. The number of hydrogen-bond acceptors (Lipinski definition) is 3. The van der Waals surface area contributed by atoms with Crippen molar-refractivity contribution in [1.82, 2.24) is 0 Å². The number of benzene rings is 1. The second-order valence-electron chi connectivity index (χ2n) is 3.58. The van der Waals surface area contributed by atoms with Crippen LogP contribution >= 0.6 is 0 Å². The summed E-state index contributed by atoms with van der Waals surface area (Å²) >= 11 is 0. The molecule has 2 radical (unpaired) electrons. The Bertz CT molecular complexity index is 660. The van der Waals surface area contributed by atoms with Gasteiger partial charge in [0.2, 0.25) is 0 Å². The van der Waals surface area contributed by atoms with E-state index in [0.29, 0.717) is 23.1 Å². The van der Waals surface area contributed by atoms with Crippen molar-refractivity contribution in [1.29, 1.82) is 0 Å². The number of carbonyl (C=O) groups is 1. The minimum atomic E-state index is -0.703. The molecule has 0 aliphatic rings. The van der Waals surface area contributed by atoms with Gasteiger partial charge in [-0.05, 0) is 23.3 Å². The number of esters is 1. The fourth-order valence-electron chi connectivity index (χ4n) is 1.37. The Morgan fingerprint density at radius 3 is 1.55 bits per heavy atom. The van der Waals surface area contributed by atoms with Crippen LogP contribution in [-0.4, -0.2) is 18.2 Å². The number of aliphatic hydroxyl groups is 1. The van der Waals surface area contributed by atoms with Crippen LogP contribution in [-0.2, 0) is 66.2 Å². The molecule has 11 heteroatoms. The minimum Gasteiger partial charge on any atom is 0 e. The molecular weight excluding hydrogens is 502 g/mol. The Balaban J connectivity index is -0.0000000545. The van der Waals surface area contributed by atoms with Gasteiger partial charge in [0.1, 0.15) is 0 Å². The first-order chi connectivity index (χ1) is 14.1.